The Kier molecular flexibility index (Phi) is 2.17. The van der Waals surface area contributed by atoms with Crippen LogP contribution in [-0.4, -0.2) is 15.2 Å². The van der Waals surface area contributed by atoms with E-state index in [0.29, 0.717) is 5.54 Å². The number of halogens is 1. The van der Waals surface area contributed by atoms with Crippen molar-refractivity contribution < 1.29 is 0 Å². The molecular weight excluding hydrogens is 249 g/mol. The van der Waals surface area contributed by atoms with Crippen LogP contribution in [0.5, 0.6) is 0 Å². The molecule has 1 aliphatic heterocycles. The van der Waals surface area contributed by atoms with Crippen molar-refractivity contribution in [2.45, 2.75) is 44.6 Å². The quantitative estimate of drug-likeness (QED) is 0.480. The second-order valence-corrected chi connectivity index (χ2v) is 5.41. The minimum absolute atomic E-state index is 0.672. The first-order chi connectivity index (χ1) is 5.23. The molecule has 0 radical (unpaired) electrons. The molecule has 2 aliphatic rings. The third kappa shape index (κ3) is 1.57. The third-order valence-electron chi connectivity index (χ3n) is 3.26. The molecular formula is C9H16IN. The highest BCUT2D eigenvalue weighted by Crippen LogP contribution is 2.49. The molecule has 0 aromatic carbocycles. The average molecular weight is 265 g/mol. The van der Waals surface area contributed by atoms with E-state index in [1.54, 1.807) is 0 Å². The van der Waals surface area contributed by atoms with Crippen LogP contribution in [0.2, 0.25) is 0 Å². The molecule has 0 bridgehead atoms. The minimum atomic E-state index is 0.672. The van der Waals surface area contributed by atoms with E-state index in [2.05, 4.69) is 32.9 Å². The van der Waals surface area contributed by atoms with E-state index in [9.17, 15) is 0 Å². The first kappa shape index (κ1) is 8.30. The second-order valence-electron chi connectivity index (χ2n) is 4.24. The fourth-order valence-electron chi connectivity index (χ4n) is 1.99. The van der Waals surface area contributed by atoms with Gasteiger partial charge in [0.25, 0.3) is 0 Å². The van der Waals surface area contributed by atoms with Crippen molar-refractivity contribution in [2.75, 3.05) is 6.54 Å². The number of rotatable bonds is 0. The zero-order valence-corrected chi connectivity index (χ0v) is 9.30. The predicted molar refractivity (Wildman–Crippen MR) is 55.7 cm³/mol. The van der Waals surface area contributed by atoms with Crippen LogP contribution in [0.3, 0.4) is 0 Å². The summed E-state index contributed by atoms with van der Waals surface area (Å²) >= 11 is 2.53. The molecule has 2 fully saturated rings. The molecule has 2 rings (SSSR count). The number of hydrogen-bond acceptors (Lipinski definition) is 1. The summed E-state index contributed by atoms with van der Waals surface area (Å²) in [6.45, 7) is 3.72. The summed E-state index contributed by atoms with van der Waals surface area (Å²) in [7, 11) is 0. The van der Waals surface area contributed by atoms with E-state index in [-0.39, 0.29) is 0 Å². The summed E-state index contributed by atoms with van der Waals surface area (Å²) in [6, 6.07) is 0. The molecule has 1 heterocycles. The number of hydrogen-bond donors (Lipinski definition) is 0. The predicted octanol–water partition coefficient (Wildman–Crippen LogP) is 2.99. The molecule has 1 saturated carbocycles. The van der Waals surface area contributed by atoms with Gasteiger partial charge in [-0.3, -0.25) is 0 Å². The van der Waals surface area contributed by atoms with Crippen LogP contribution in [0.1, 0.15) is 39.0 Å². The van der Waals surface area contributed by atoms with Crippen LogP contribution < -0.4 is 0 Å². The summed E-state index contributed by atoms with van der Waals surface area (Å²) in [6.07, 6.45) is 7.24. The molecule has 1 atom stereocenters. The van der Waals surface area contributed by atoms with Gasteiger partial charge in [0.1, 0.15) is 0 Å². The Morgan fingerprint density at radius 3 is 2.64 bits per heavy atom. The van der Waals surface area contributed by atoms with Gasteiger partial charge in [-0.25, -0.2) is 3.11 Å². The molecule has 64 valence electrons. The van der Waals surface area contributed by atoms with Gasteiger partial charge in [-0.05, 0) is 38.0 Å². The lowest BCUT2D eigenvalue weighted by Crippen LogP contribution is -2.27. The lowest BCUT2D eigenvalue weighted by Gasteiger charge is -2.22. The normalized spacial score (nSPS) is 37.1. The lowest BCUT2D eigenvalue weighted by molar-refractivity contribution is 0.364. The Morgan fingerprint density at radius 1 is 1.27 bits per heavy atom. The van der Waals surface area contributed by atoms with Crippen molar-refractivity contribution in [3.8, 4) is 0 Å². The fourth-order valence-corrected chi connectivity index (χ4v) is 2.99. The highest BCUT2D eigenvalue weighted by molar-refractivity contribution is 14.1. The SMILES string of the molecule is CC1CCN(I)C2(CC1)CC2. The van der Waals surface area contributed by atoms with Gasteiger partial charge in [0.05, 0.1) is 0 Å². The summed E-state index contributed by atoms with van der Waals surface area (Å²) in [5.41, 5.74) is 0.672. The largest absolute Gasteiger partial charge is 0.241 e. The Labute approximate surface area is 83.0 Å². The second kappa shape index (κ2) is 2.87. The summed E-state index contributed by atoms with van der Waals surface area (Å²) < 4.78 is 2.58. The van der Waals surface area contributed by atoms with Crippen molar-refractivity contribution in [1.29, 1.82) is 0 Å². The van der Waals surface area contributed by atoms with Crippen LogP contribution in [0.25, 0.3) is 0 Å². The molecule has 1 spiro atoms. The van der Waals surface area contributed by atoms with Crippen molar-refractivity contribution >= 4 is 22.9 Å². The van der Waals surface area contributed by atoms with E-state index in [1.165, 1.54) is 38.6 Å². The monoisotopic (exact) mass is 265 g/mol. The molecule has 1 nitrogen and oxygen atoms in total. The van der Waals surface area contributed by atoms with Crippen molar-refractivity contribution in [3.63, 3.8) is 0 Å². The molecule has 1 aliphatic carbocycles. The van der Waals surface area contributed by atoms with E-state index in [0.717, 1.165) is 5.92 Å². The highest BCUT2D eigenvalue weighted by atomic mass is 127. The van der Waals surface area contributed by atoms with Crippen LogP contribution in [0, 0.1) is 5.92 Å². The van der Waals surface area contributed by atoms with Gasteiger partial charge in [-0.15, -0.1) is 0 Å². The van der Waals surface area contributed by atoms with Crippen LogP contribution in [-0.2, 0) is 0 Å². The Morgan fingerprint density at radius 2 is 2.00 bits per heavy atom. The van der Waals surface area contributed by atoms with Gasteiger partial charge >= 0.3 is 0 Å². The summed E-state index contributed by atoms with van der Waals surface area (Å²) in [5.74, 6) is 0.965. The topological polar surface area (TPSA) is 3.24 Å². The van der Waals surface area contributed by atoms with E-state index < -0.39 is 0 Å². The number of nitrogens with zero attached hydrogens (tertiary/aromatic N) is 1. The Bertz CT molecular complexity index is 154. The van der Waals surface area contributed by atoms with E-state index in [4.69, 9.17) is 0 Å². The van der Waals surface area contributed by atoms with Gasteiger partial charge in [0, 0.05) is 34.9 Å². The van der Waals surface area contributed by atoms with Crippen molar-refractivity contribution in [1.82, 2.24) is 3.11 Å². The third-order valence-corrected chi connectivity index (χ3v) is 4.77. The highest BCUT2D eigenvalue weighted by Gasteiger charge is 2.47. The Hall–Kier alpha value is 0.690. The van der Waals surface area contributed by atoms with Crippen LogP contribution in [0.15, 0.2) is 0 Å². The van der Waals surface area contributed by atoms with E-state index >= 15 is 0 Å². The molecule has 1 unspecified atom stereocenters. The maximum atomic E-state index is 2.58. The zero-order chi connectivity index (χ0) is 7.90. The summed E-state index contributed by atoms with van der Waals surface area (Å²) in [5, 5.41) is 0. The van der Waals surface area contributed by atoms with Crippen molar-refractivity contribution in [3.05, 3.63) is 0 Å². The molecule has 2 heteroatoms. The molecule has 1 saturated heterocycles. The van der Waals surface area contributed by atoms with Gasteiger partial charge in [0.2, 0.25) is 0 Å². The smallest absolute Gasteiger partial charge is 0.0306 e. The van der Waals surface area contributed by atoms with Gasteiger partial charge < -0.3 is 0 Å². The van der Waals surface area contributed by atoms with Crippen molar-refractivity contribution in [2.24, 2.45) is 5.92 Å². The average Bonchev–Trinajstić information content (AvgIpc) is 2.77. The first-order valence-electron chi connectivity index (χ1n) is 4.66. The molecule has 11 heavy (non-hydrogen) atoms. The molecule has 0 N–H and O–H groups in total. The van der Waals surface area contributed by atoms with Crippen LogP contribution >= 0.6 is 22.9 Å². The van der Waals surface area contributed by atoms with Gasteiger partial charge in [-0.1, -0.05) is 6.92 Å². The lowest BCUT2D eigenvalue weighted by atomic mass is 10.0. The fraction of sp³-hybridized carbons (Fsp3) is 1.00. The molecule has 0 amide bonds. The van der Waals surface area contributed by atoms with Gasteiger partial charge in [0.15, 0.2) is 0 Å². The first-order valence-corrected chi connectivity index (χ1v) is 5.63. The standard InChI is InChI=1S/C9H16IN/c1-8-2-4-9(5-6-9)11(10)7-3-8/h8H,2-7H2,1H3. The summed E-state index contributed by atoms with van der Waals surface area (Å²) in [4.78, 5) is 0. The van der Waals surface area contributed by atoms with Gasteiger partial charge in [-0.2, -0.15) is 0 Å². The Balaban J connectivity index is 2.01. The van der Waals surface area contributed by atoms with E-state index in [1.807, 2.05) is 0 Å². The molecule has 0 aromatic heterocycles. The zero-order valence-electron chi connectivity index (χ0n) is 7.15. The minimum Gasteiger partial charge on any atom is -0.241 e. The maximum Gasteiger partial charge on any atom is 0.0306 e. The van der Waals surface area contributed by atoms with Crippen LogP contribution in [0.4, 0.5) is 0 Å². The molecule has 0 aromatic rings. The maximum absolute atomic E-state index is 2.58.